The number of nitrogens with zero attached hydrogens (tertiary/aromatic N) is 2. The number of carbonyl (C=O) groups is 2. The quantitative estimate of drug-likeness (QED) is 0.428. The van der Waals surface area contributed by atoms with Gasteiger partial charge in [0.2, 0.25) is 0 Å². The molecule has 0 atom stereocenters. The molecule has 0 saturated carbocycles. The van der Waals surface area contributed by atoms with E-state index >= 15 is 0 Å². The van der Waals surface area contributed by atoms with Gasteiger partial charge >= 0.3 is 0 Å². The molecule has 0 bridgehead atoms. The molecule has 0 unspecified atom stereocenters. The van der Waals surface area contributed by atoms with Crippen LogP contribution in [0.3, 0.4) is 0 Å². The number of anilines is 2. The molecule has 2 N–H and O–H groups in total. The lowest BCUT2D eigenvalue weighted by atomic mass is 9.90. The van der Waals surface area contributed by atoms with E-state index in [-0.39, 0.29) is 17.2 Å². The van der Waals surface area contributed by atoms with Crippen LogP contribution >= 0.6 is 0 Å². The van der Waals surface area contributed by atoms with Crippen LogP contribution in [0.25, 0.3) is 5.69 Å². The van der Waals surface area contributed by atoms with E-state index in [1.807, 2.05) is 48.5 Å². The van der Waals surface area contributed by atoms with Crippen LogP contribution in [0.5, 0.6) is 0 Å². The van der Waals surface area contributed by atoms with Gasteiger partial charge in [-0.1, -0.05) is 30.3 Å². The summed E-state index contributed by atoms with van der Waals surface area (Å²) in [5.41, 5.74) is 5.26. The zero-order chi connectivity index (χ0) is 25.2. The van der Waals surface area contributed by atoms with Gasteiger partial charge in [0.25, 0.3) is 17.4 Å². The maximum Gasteiger partial charge on any atom is 0.295 e. The largest absolute Gasteiger partial charge is 0.322 e. The molecular formula is C29H28N4O3. The molecule has 5 rings (SSSR count). The van der Waals surface area contributed by atoms with Gasteiger partial charge in [-0.25, -0.2) is 4.68 Å². The van der Waals surface area contributed by atoms with Gasteiger partial charge in [0.05, 0.1) is 11.4 Å². The topological polar surface area (TPSA) is 85.1 Å². The standard InChI is InChI=1S/C29H28N4O3/c1-19-26(29(36)33(32(19)2)25-13-4-3-5-14-25)31-28(35)22-11-8-12-24(18-22)30-27(34)23-16-15-20-9-6-7-10-21(20)17-23/h3-5,8,11-18H,6-7,9-10H2,1-2H3,(H,30,34)(H,31,35). The third-order valence-electron chi connectivity index (χ3n) is 6.79. The van der Waals surface area contributed by atoms with Crippen molar-refractivity contribution in [1.82, 2.24) is 9.36 Å². The molecule has 7 nitrogen and oxygen atoms in total. The van der Waals surface area contributed by atoms with Crippen LogP contribution in [0.1, 0.15) is 50.4 Å². The average molecular weight is 481 g/mol. The first-order valence-corrected chi connectivity index (χ1v) is 12.1. The fourth-order valence-electron chi connectivity index (χ4n) is 4.71. The molecule has 182 valence electrons. The Morgan fingerprint density at radius 2 is 1.47 bits per heavy atom. The van der Waals surface area contributed by atoms with Crippen molar-refractivity contribution >= 4 is 23.2 Å². The molecule has 0 fully saturated rings. The minimum Gasteiger partial charge on any atom is -0.322 e. The van der Waals surface area contributed by atoms with Gasteiger partial charge in [-0.2, -0.15) is 0 Å². The van der Waals surface area contributed by atoms with Crippen molar-refractivity contribution in [3.8, 4) is 5.69 Å². The van der Waals surface area contributed by atoms with E-state index in [0.29, 0.717) is 28.2 Å². The highest BCUT2D eigenvalue weighted by Gasteiger charge is 2.19. The number of hydrogen-bond acceptors (Lipinski definition) is 3. The Balaban J connectivity index is 1.35. The monoisotopic (exact) mass is 480 g/mol. The molecule has 4 aromatic rings. The van der Waals surface area contributed by atoms with Crippen LogP contribution in [-0.4, -0.2) is 21.2 Å². The molecule has 1 aromatic heterocycles. The first-order valence-electron chi connectivity index (χ1n) is 12.1. The number of nitrogens with one attached hydrogen (secondary N) is 2. The molecule has 0 aliphatic heterocycles. The first-order chi connectivity index (χ1) is 17.4. The van der Waals surface area contributed by atoms with Crippen LogP contribution in [0.4, 0.5) is 11.4 Å². The third-order valence-corrected chi connectivity index (χ3v) is 6.79. The molecule has 1 heterocycles. The Bertz CT molecular complexity index is 1520. The number of rotatable bonds is 5. The van der Waals surface area contributed by atoms with Crippen LogP contribution < -0.4 is 16.2 Å². The van der Waals surface area contributed by atoms with Crippen molar-refractivity contribution < 1.29 is 9.59 Å². The predicted molar refractivity (Wildman–Crippen MR) is 141 cm³/mol. The number of aromatic nitrogens is 2. The van der Waals surface area contributed by atoms with Crippen molar-refractivity contribution in [2.45, 2.75) is 32.6 Å². The molecule has 0 spiro atoms. The van der Waals surface area contributed by atoms with Gasteiger partial charge in [-0.15, -0.1) is 0 Å². The van der Waals surface area contributed by atoms with Crippen molar-refractivity contribution in [1.29, 1.82) is 0 Å². The lowest BCUT2D eigenvalue weighted by Gasteiger charge is -2.16. The summed E-state index contributed by atoms with van der Waals surface area (Å²) < 4.78 is 3.22. The fourth-order valence-corrected chi connectivity index (χ4v) is 4.71. The van der Waals surface area contributed by atoms with E-state index in [2.05, 4.69) is 10.6 Å². The summed E-state index contributed by atoms with van der Waals surface area (Å²) in [5.74, 6) is -0.642. The molecule has 7 heteroatoms. The number of amides is 2. The van der Waals surface area contributed by atoms with Gasteiger partial charge in [0, 0.05) is 23.9 Å². The number of para-hydroxylation sites is 1. The smallest absolute Gasteiger partial charge is 0.295 e. The Morgan fingerprint density at radius 3 is 2.25 bits per heavy atom. The Kier molecular flexibility index (Phi) is 6.29. The van der Waals surface area contributed by atoms with E-state index in [1.54, 1.807) is 42.9 Å². The number of fused-ring (bicyclic) bond motifs is 1. The van der Waals surface area contributed by atoms with Crippen molar-refractivity contribution in [3.63, 3.8) is 0 Å². The second kappa shape index (κ2) is 9.70. The van der Waals surface area contributed by atoms with Crippen molar-refractivity contribution in [2.24, 2.45) is 7.05 Å². The zero-order valence-corrected chi connectivity index (χ0v) is 20.4. The summed E-state index contributed by atoms with van der Waals surface area (Å²) in [4.78, 5) is 39.1. The Labute approximate surface area is 209 Å². The predicted octanol–water partition coefficient (Wildman–Crippen LogP) is 4.87. The molecule has 0 radical (unpaired) electrons. The van der Waals surface area contributed by atoms with E-state index in [1.165, 1.54) is 22.2 Å². The molecule has 1 aliphatic carbocycles. The van der Waals surface area contributed by atoms with E-state index in [9.17, 15) is 14.4 Å². The van der Waals surface area contributed by atoms with Crippen LogP contribution in [-0.2, 0) is 19.9 Å². The summed E-state index contributed by atoms with van der Waals surface area (Å²) >= 11 is 0. The van der Waals surface area contributed by atoms with Gasteiger partial charge in [-0.05, 0) is 86.2 Å². The second-order valence-corrected chi connectivity index (χ2v) is 9.12. The molecule has 1 aliphatic rings. The Hall–Kier alpha value is -4.39. The minimum atomic E-state index is -0.425. The molecular weight excluding hydrogens is 452 g/mol. The summed E-state index contributed by atoms with van der Waals surface area (Å²) in [7, 11) is 1.77. The van der Waals surface area contributed by atoms with Gasteiger partial charge in [0.15, 0.2) is 0 Å². The van der Waals surface area contributed by atoms with Gasteiger partial charge in [0.1, 0.15) is 5.69 Å². The highest BCUT2D eigenvalue weighted by molar-refractivity contribution is 6.07. The van der Waals surface area contributed by atoms with Crippen LogP contribution in [0, 0.1) is 6.92 Å². The van der Waals surface area contributed by atoms with Gasteiger partial charge in [-0.3, -0.25) is 19.1 Å². The highest BCUT2D eigenvalue weighted by atomic mass is 16.2. The number of benzene rings is 3. The third kappa shape index (κ3) is 4.47. The lowest BCUT2D eigenvalue weighted by molar-refractivity contribution is 0.101. The van der Waals surface area contributed by atoms with E-state index < -0.39 is 5.91 Å². The highest BCUT2D eigenvalue weighted by Crippen LogP contribution is 2.23. The average Bonchev–Trinajstić information content (AvgIpc) is 3.11. The lowest BCUT2D eigenvalue weighted by Crippen LogP contribution is -2.23. The van der Waals surface area contributed by atoms with Crippen molar-refractivity contribution in [3.05, 3.63) is 111 Å². The fraction of sp³-hybridized carbons (Fsp3) is 0.207. The summed E-state index contributed by atoms with van der Waals surface area (Å²) in [5, 5.41) is 5.66. The molecule has 36 heavy (non-hydrogen) atoms. The number of aryl methyl sites for hydroxylation is 2. The van der Waals surface area contributed by atoms with Crippen LogP contribution in [0.15, 0.2) is 77.6 Å². The van der Waals surface area contributed by atoms with Crippen molar-refractivity contribution in [2.75, 3.05) is 10.6 Å². The van der Waals surface area contributed by atoms with Gasteiger partial charge < -0.3 is 10.6 Å². The Morgan fingerprint density at radius 1 is 0.778 bits per heavy atom. The zero-order valence-electron chi connectivity index (χ0n) is 20.4. The first kappa shape index (κ1) is 23.4. The second-order valence-electron chi connectivity index (χ2n) is 9.12. The minimum absolute atomic E-state index is 0.217. The molecule has 3 aromatic carbocycles. The summed E-state index contributed by atoms with van der Waals surface area (Å²) in [6, 6.07) is 21.8. The summed E-state index contributed by atoms with van der Waals surface area (Å²) in [6.45, 7) is 1.78. The molecule has 2 amide bonds. The normalized spacial score (nSPS) is 12.6. The maximum absolute atomic E-state index is 13.1. The summed E-state index contributed by atoms with van der Waals surface area (Å²) in [6.07, 6.45) is 4.39. The SMILES string of the molecule is Cc1c(NC(=O)c2cccc(NC(=O)c3ccc4c(c3)CCCC4)c2)c(=O)n(-c2ccccc2)n1C. The van der Waals surface area contributed by atoms with E-state index in [4.69, 9.17) is 0 Å². The number of carbonyl (C=O) groups excluding carboxylic acids is 2. The molecule has 0 saturated heterocycles. The van der Waals surface area contributed by atoms with Crippen LogP contribution in [0.2, 0.25) is 0 Å². The maximum atomic E-state index is 13.1. The van der Waals surface area contributed by atoms with E-state index in [0.717, 1.165) is 19.3 Å². The number of hydrogen-bond donors (Lipinski definition) is 2.